The van der Waals surface area contributed by atoms with Gasteiger partial charge < -0.3 is 29.7 Å². The van der Waals surface area contributed by atoms with Gasteiger partial charge in [0.05, 0.1) is 30.3 Å². The van der Waals surface area contributed by atoms with Gasteiger partial charge in [0.25, 0.3) is 0 Å². The molecule has 0 aliphatic carbocycles. The molecule has 0 atom stereocenters. The van der Waals surface area contributed by atoms with E-state index in [1.165, 1.54) is 24.9 Å². The molecule has 0 saturated carbocycles. The third-order valence-corrected chi connectivity index (χ3v) is 6.91. The van der Waals surface area contributed by atoms with Crippen molar-refractivity contribution in [2.45, 2.75) is 38.2 Å². The summed E-state index contributed by atoms with van der Waals surface area (Å²) in [5, 5.41) is 6.85. The summed E-state index contributed by atoms with van der Waals surface area (Å²) < 4.78 is 31.5. The second kappa shape index (κ2) is 12.4. The highest BCUT2D eigenvalue weighted by atomic mass is 35.5. The fourth-order valence-corrected chi connectivity index (χ4v) is 4.76. The zero-order valence-corrected chi connectivity index (χ0v) is 21.8. The van der Waals surface area contributed by atoms with E-state index in [4.69, 9.17) is 25.8 Å². The molecule has 38 heavy (non-hydrogen) atoms. The first kappa shape index (κ1) is 26.2. The molecule has 3 aromatic rings. The number of aromatic nitrogens is 2. The fraction of sp³-hybridized carbons (Fsp3) is 0.444. The van der Waals surface area contributed by atoms with E-state index >= 15 is 0 Å². The number of likely N-dealkylation sites (tertiary alicyclic amines) is 1. The molecule has 11 heteroatoms. The van der Waals surface area contributed by atoms with Gasteiger partial charge in [-0.2, -0.15) is 0 Å². The van der Waals surface area contributed by atoms with Crippen molar-refractivity contribution in [3.63, 3.8) is 0 Å². The molecule has 5 rings (SSSR count). The number of ether oxygens (including phenoxy) is 3. The molecule has 2 aliphatic heterocycles. The average molecular weight is 544 g/mol. The Hall–Kier alpha value is -3.37. The van der Waals surface area contributed by atoms with Gasteiger partial charge in [-0.25, -0.2) is 19.2 Å². The van der Waals surface area contributed by atoms with Crippen LogP contribution in [0.2, 0.25) is 5.02 Å². The van der Waals surface area contributed by atoms with E-state index in [-0.39, 0.29) is 23.8 Å². The molecule has 2 saturated heterocycles. The topological polar surface area (TPSA) is 97.8 Å². The predicted octanol–water partition coefficient (Wildman–Crippen LogP) is 5.30. The maximum absolute atomic E-state index is 13.6. The van der Waals surface area contributed by atoms with Gasteiger partial charge >= 0.3 is 6.03 Å². The highest BCUT2D eigenvalue weighted by Crippen LogP contribution is 2.36. The summed E-state index contributed by atoms with van der Waals surface area (Å²) in [6, 6.07) is 7.98. The quantitative estimate of drug-likeness (QED) is 0.372. The lowest BCUT2D eigenvalue weighted by molar-refractivity contribution is 0.0243. The summed E-state index contributed by atoms with van der Waals surface area (Å²) in [6.07, 6.45) is 6.23. The van der Waals surface area contributed by atoms with Crippen LogP contribution in [0.25, 0.3) is 10.9 Å². The zero-order chi connectivity index (χ0) is 26.3. The summed E-state index contributed by atoms with van der Waals surface area (Å²) in [6.45, 7) is 3.50. The number of fused-ring (bicyclic) bond motifs is 1. The number of hydrogen-bond donors (Lipinski definition) is 2. The second-order valence-corrected chi connectivity index (χ2v) is 9.76. The summed E-state index contributed by atoms with van der Waals surface area (Å²) in [7, 11) is 0. The molecule has 2 aromatic carbocycles. The maximum Gasteiger partial charge on any atom is 0.317 e. The van der Waals surface area contributed by atoms with E-state index in [2.05, 4.69) is 20.6 Å². The van der Waals surface area contributed by atoms with E-state index in [0.29, 0.717) is 53.7 Å². The first-order valence-corrected chi connectivity index (χ1v) is 13.4. The molecular weight excluding hydrogens is 513 g/mol. The van der Waals surface area contributed by atoms with Gasteiger partial charge in [-0.1, -0.05) is 11.6 Å². The van der Waals surface area contributed by atoms with Crippen molar-refractivity contribution < 1.29 is 23.4 Å². The van der Waals surface area contributed by atoms with Gasteiger partial charge in [-0.05, 0) is 43.5 Å². The Labute approximate surface area is 225 Å². The molecule has 0 spiro atoms. The van der Waals surface area contributed by atoms with Crippen LogP contribution in [-0.2, 0) is 4.74 Å². The third kappa shape index (κ3) is 6.54. The number of benzene rings is 2. The second-order valence-electron chi connectivity index (χ2n) is 9.35. The van der Waals surface area contributed by atoms with Crippen LogP contribution in [0.3, 0.4) is 0 Å². The normalized spacial score (nSPS) is 16.3. The van der Waals surface area contributed by atoms with Crippen molar-refractivity contribution >= 4 is 40.0 Å². The van der Waals surface area contributed by atoms with E-state index in [0.717, 1.165) is 38.8 Å². The summed E-state index contributed by atoms with van der Waals surface area (Å²) in [5.74, 6) is 1.12. The smallest absolute Gasteiger partial charge is 0.317 e. The van der Waals surface area contributed by atoms with Gasteiger partial charge in [0, 0.05) is 43.1 Å². The van der Waals surface area contributed by atoms with Gasteiger partial charge in [-0.3, -0.25) is 0 Å². The van der Waals surface area contributed by atoms with Crippen molar-refractivity contribution in [2.75, 3.05) is 44.8 Å². The van der Waals surface area contributed by atoms with Crippen LogP contribution >= 0.6 is 11.6 Å². The first-order valence-electron chi connectivity index (χ1n) is 13.0. The highest BCUT2D eigenvalue weighted by Gasteiger charge is 2.20. The number of hydrogen-bond acceptors (Lipinski definition) is 7. The van der Waals surface area contributed by atoms with E-state index in [9.17, 15) is 9.18 Å². The van der Waals surface area contributed by atoms with Crippen LogP contribution < -0.4 is 20.1 Å². The molecule has 2 aliphatic rings. The van der Waals surface area contributed by atoms with Crippen LogP contribution in [0.4, 0.5) is 20.7 Å². The highest BCUT2D eigenvalue weighted by molar-refractivity contribution is 6.31. The minimum atomic E-state index is -0.495. The van der Waals surface area contributed by atoms with Crippen molar-refractivity contribution in [1.29, 1.82) is 0 Å². The van der Waals surface area contributed by atoms with Crippen molar-refractivity contribution in [1.82, 2.24) is 20.2 Å². The molecule has 202 valence electrons. The van der Waals surface area contributed by atoms with Crippen molar-refractivity contribution in [3.05, 3.63) is 47.5 Å². The lowest BCUT2D eigenvalue weighted by Crippen LogP contribution is -2.43. The molecule has 1 aromatic heterocycles. The van der Waals surface area contributed by atoms with E-state index in [1.54, 1.807) is 12.1 Å². The zero-order valence-electron chi connectivity index (χ0n) is 21.1. The molecule has 3 heterocycles. The summed E-state index contributed by atoms with van der Waals surface area (Å²) >= 11 is 5.95. The van der Waals surface area contributed by atoms with Crippen LogP contribution in [0, 0.1) is 5.82 Å². The number of halogens is 2. The third-order valence-electron chi connectivity index (χ3n) is 6.62. The van der Waals surface area contributed by atoms with Crippen LogP contribution in [0.15, 0.2) is 36.7 Å². The number of carbonyl (C=O) groups is 1. The Morgan fingerprint density at radius 2 is 1.92 bits per heavy atom. The van der Waals surface area contributed by atoms with Crippen molar-refractivity contribution in [3.8, 4) is 11.5 Å². The van der Waals surface area contributed by atoms with Gasteiger partial charge in [0.15, 0.2) is 11.5 Å². The maximum atomic E-state index is 13.6. The monoisotopic (exact) mass is 543 g/mol. The molecule has 2 N–H and O–H groups in total. The number of amides is 2. The van der Waals surface area contributed by atoms with Gasteiger partial charge in [0.2, 0.25) is 0 Å². The Morgan fingerprint density at radius 3 is 2.71 bits per heavy atom. The Balaban J connectivity index is 1.34. The number of rotatable bonds is 8. The predicted molar refractivity (Wildman–Crippen MR) is 143 cm³/mol. The van der Waals surface area contributed by atoms with Gasteiger partial charge in [-0.15, -0.1) is 0 Å². The first-order chi connectivity index (χ1) is 18.6. The lowest BCUT2D eigenvalue weighted by Gasteiger charge is -2.27. The van der Waals surface area contributed by atoms with Crippen LogP contribution in [0.5, 0.6) is 11.5 Å². The Bertz CT molecular complexity index is 1270. The molecule has 2 fully saturated rings. The average Bonchev–Trinajstić information content (AvgIpc) is 2.94. The van der Waals surface area contributed by atoms with Crippen LogP contribution in [-0.4, -0.2) is 66.5 Å². The minimum absolute atomic E-state index is 0.0139. The number of nitrogens with one attached hydrogen (secondary N) is 2. The molecular formula is C27H31ClFN5O4. The molecule has 0 bridgehead atoms. The summed E-state index contributed by atoms with van der Waals surface area (Å²) in [4.78, 5) is 23.1. The molecule has 0 unspecified atom stereocenters. The number of anilines is 2. The molecule has 9 nitrogen and oxygen atoms in total. The van der Waals surface area contributed by atoms with Crippen molar-refractivity contribution in [2.24, 2.45) is 0 Å². The van der Waals surface area contributed by atoms with E-state index < -0.39 is 5.82 Å². The number of piperidine rings is 1. The number of nitrogens with zero attached hydrogens (tertiary/aromatic N) is 3. The standard InChI is InChI=1S/C27H31ClFN5O4/c28-21-14-18(4-5-22(21)29)33-26-20-15-25(38-19-6-11-36-12-7-19)24(16-23(20)31-17-32-26)37-13-8-30-27(35)34-9-2-1-3-10-34/h4-5,14-17,19H,1-3,6-13H2,(H,30,35)(H,31,32,33). The SMILES string of the molecule is O=C(NCCOc1cc2ncnc(Nc3ccc(F)c(Cl)c3)c2cc1OC1CCOCC1)N1CCCCC1. The van der Waals surface area contributed by atoms with E-state index in [1.807, 2.05) is 11.0 Å². The number of urea groups is 1. The number of carbonyl (C=O) groups excluding carboxylic acids is 1. The fourth-order valence-electron chi connectivity index (χ4n) is 4.58. The largest absolute Gasteiger partial charge is 0.488 e. The Kier molecular flexibility index (Phi) is 8.60. The van der Waals surface area contributed by atoms with Gasteiger partial charge in [0.1, 0.15) is 30.7 Å². The molecule has 2 amide bonds. The minimum Gasteiger partial charge on any atom is -0.488 e. The summed E-state index contributed by atoms with van der Waals surface area (Å²) in [5.41, 5.74) is 1.23. The van der Waals surface area contributed by atoms with Crippen LogP contribution in [0.1, 0.15) is 32.1 Å². The Morgan fingerprint density at radius 1 is 1.11 bits per heavy atom. The molecule has 0 radical (unpaired) electrons. The lowest BCUT2D eigenvalue weighted by atomic mass is 10.1.